The fraction of sp³-hybridized carbons (Fsp3) is 0.848. The third kappa shape index (κ3) is 29.3. The minimum Gasteiger partial charge on any atom is -0.457 e. The standard InChI is InChI=1S/C33H62O4/c1-3-5-7-9-11-13-15-16-17-18-19-21-23-25-27-29-36-31-32(30-34)37-33(35)28-26-24-22-20-14-12-10-8-6-4-2/h9,11,15-16,32,34H,3-8,10,12-14,17-31H2,1-2H3/b11-9-,16-15-. The number of carbonyl (C=O) groups excluding carboxylic acids is 1. The molecule has 0 heterocycles. The maximum atomic E-state index is 12.0. The number of esters is 1. The molecular formula is C33H62O4. The maximum absolute atomic E-state index is 12.0. The number of allylic oxidation sites excluding steroid dienone is 4. The summed E-state index contributed by atoms with van der Waals surface area (Å²) in [6.45, 7) is 5.27. The molecule has 0 saturated heterocycles. The van der Waals surface area contributed by atoms with Crippen molar-refractivity contribution in [1.82, 2.24) is 0 Å². The van der Waals surface area contributed by atoms with Gasteiger partial charge >= 0.3 is 5.97 Å². The van der Waals surface area contributed by atoms with E-state index in [2.05, 4.69) is 38.2 Å². The topological polar surface area (TPSA) is 55.8 Å². The molecular weight excluding hydrogens is 460 g/mol. The van der Waals surface area contributed by atoms with Gasteiger partial charge in [-0.15, -0.1) is 0 Å². The molecule has 1 unspecified atom stereocenters. The first-order valence-corrected chi connectivity index (χ1v) is 15.9. The van der Waals surface area contributed by atoms with Gasteiger partial charge in [-0.25, -0.2) is 0 Å². The molecule has 0 aliphatic carbocycles. The van der Waals surface area contributed by atoms with Crippen molar-refractivity contribution in [2.45, 2.75) is 161 Å². The van der Waals surface area contributed by atoms with Crippen LogP contribution >= 0.6 is 0 Å². The van der Waals surface area contributed by atoms with Gasteiger partial charge in [0.05, 0.1) is 13.2 Å². The Kier molecular flexibility index (Phi) is 30.1. The van der Waals surface area contributed by atoms with E-state index in [4.69, 9.17) is 9.47 Å². The zero-order chi connectivity index (χ0) is 27.1. The second-order valence-electron chi connectivity index (χ2n) is 10.5. The van der Waals surface area contributed by atoms with Crippen LogP contribution in [0, 0.1) is 0 Å². The van der Waals surface area contributed by atoms with Crippen LogP contribution in [-0.4, -0.2) is 37.0 Å². The fourth-order valence-electron chi connectivity index (χ4n) is 4.34. The molecule has 0 aromatic rings. The third-order valence-electron chi connectivity index (χ3n) is 6.78. The highest BCUT2D eigenvalue weighted by atomic mass is 16.6. The van der Waals surface area contributed by atoms with Gasteiger partial charge in [-0.3, -0.25) is 4.79 Å². The van der Waals surface area contributed by atoms with Crippen LogP contribution in [0.5, 0.6) is 0 Å². The van der Waals surface area contributed by atoms with E-state index in [1.54, 1.807) is 0 Å². The Balaban J connectivity index is 3.46. The summed E-state index contributed by atoms with van der Waals surface area (Å²) in [5.41, 5.74) is 0. The molecule has 0 spiro atoms. The van der Waals surface area contributed by atoms with Gasteiger partial charge in [0.1, 0.15) is 6.10 Å². The Hall–Kier alpha value is -1.13. The number of rotatable bonds is 29. The van der Waals surface area contributed by atoms with Crippen molar-refractivity contribution in [1.29, 1.82) is 0 Å². The van der Waals surface area contributed by atoms with Gasteiger partial charge in [0.25, 0.3) is 0 Å². The molecule has 1 atom stereocenters. The number of carbonyl (C=O) groups is 1. The first-order chi connectivity index (χ1) is 18.2. The molecule has 0 aliphatic heterocycles. The lowest BCUT2D eigenvalue weighted by atomic mass is 10.1. The van der Waals surface area contributed by atoms with Crippen LogP contribution in [0.25, 0.3) is 0 Å². The summed E-state index contributed by atoms with van der Waals surface area (Å²) in [7, 11) is 0. The van der Waals surface area contributed by atoms with Gasteiger partial charge in [0.2, 0.25) is 0 Å². The molecule has 0 rings (SSSR count). The molecule has 37 heavy (non-hydrogen) atoms. The summed E-state index contributed by atoms with van der Waals surface area (Å²) in [6.07, 6.45) is 34.9. The Labute approximate surface area is 230 Å². The summed E-state index contributed by atoms with van der Waals surface area (Å²) in [5.74, 6) is -0.208. The predicted molar refractivity (Wildman–Crippen MR) is 159 cm³/mol. The van der Waals surface area contributed by atoms with Crippen molar-refractivity contribution < 1.29 is 19.4 Å². The normalized spacial score (nSPS) is 12.6. The van der Waals surface area contributed by atoms with Crippen molar-refractivity contribution in [2.24, 2.45) is 0 Å². The first-order valence-electron chi connectivity index (χ1n) is 15.9. The van der Waals surface area contributed by atoms with Crippen molar-refractivity contribution in [3.05, 3.63) is 24.3 Å². The number of ether oxygens (including phenoxy) is 2. The van der Waals surface area contributed by atoms with Crippen LogP contribution in [0.3, 0.4) is 0 Å². The SMILES string of the molecule is CCCC/C=C\C/C=C\CCCCCCCCOCC(CO)OC(=O)CCCCCCCCCCCC. The Morgan fingerprint density at radius 2 is 1.16 bits per heavy atom. The molecule has 0 fully saturated rings. The van der Waals surface area contributed by atoms with Gasteiger partial charge in [0.15, 0.2) is 0 Å². The highest BCUT2D eigenvalue weighted by Gasteiger charge is 2.13. The van der Waals surface area contributed by atoms with Crippen LogP contribution in [0.4, 0.5) is 0 Å². The number of hydrogen-bond donors (Lipinski definition) is 1. The lowest BCUT2D eigenvalue weighted by Gasteiger charge is -2.15. The average molecular weight is 523 g/mol. The highest BCUT2D eigenvalue weighted by Crippen LogP contribution is 2.12. The summed E-state index contributed by atoms with van der Waals surface area (Å²) in [6, 6.07) is 0. The van der Waals surface area contributed by atoms with E-state index in [0.717, 1.165) is 25.7 Å². The summed E-state index contributed by atoms with van der Waals surface area (Å²) in [4.78, 5) is 12.0. The van der Waals surface area contributed by atoms with Crippen molar-refractivity contribution in [2.75, 3.05) is 19.8 Å². The zero-order valence-corrected chi connectivity index (χ0v) is 24.7. The molecule has 0 aromatic carbocycles. The largest absolute Gasteiger partial charge is 0.457 e. The Morgan fingerprint density at radius 3 is 1.76 bits per heavy atom. The molecule has 4 nitrogen and oxygen atoms in total. The summed E-state index contributed by atoms with van der Waals surface area (Å²) >= 11 is 0. The zero-order valence-electron chi connectivity index (χ0n) is 24.7. The van der Waals surface area contributed by atoms with Gasteiger partial charge in [0, 0.05) is 13.0 Å². The Bertz CT molecular complexity index is 514. The van der Waals surface area contributed by atoms with Crippen molar-refractivity contribution in [3.8, 4) is 0 Å². The van der Waals surface area contributed by atoms with Crippen molar-refractivity contribution in [3.63, 3.8) is 0 Å². The molecule has 0 aliphatic rings. The minimum absolute atomic E-state index is 0.173. The number of aliphatic hydroxyl groups excluding tert-OH is 1. The first kappa shape index (κ1) is 35.9. The lowest BCUT2D eigenvalue weighted by Crippen LogP contribution is -2.27. The minimum atomic E-state index is -0.532. The number of hydrogen-bond acceptors (Lipinski definition) is 4. The molecule has 0 aromatic heterocycles. The van der Waals surface area contributed by atoms with Crippen LogP contribution < -0.4 is 0 Å². The van der Waals surface area contributed by atoms with Crippen LogP contribution in [-0.2, 0) is 14.3 Å². The van der Waals surface area contributed by atoms with Crippen LogP contribution in [0.1, 0.15) is 155 Å². The lowest BCUT2D eigenvalue weighted by molar-refractivity contribution is -0.154. The molecule has 0 saturated carbocycles. The average Bonchev–Trinajstić information content (AvgIpc) is 2.90. The second kappa shape index (κ2) is 31.1. The van der Waals surface area contributed by atoms with Crippen molar-refractivity contribution >= 4 is 5.97 Å². The molecule has 1 N–H and O–H groups in total. The fourth-order valence-corrected chi connectivity index (χ4v) is 4.34. The van der Waals surface area contributed by atoms with E-state index in [-0.39, 0.29) is 12.6 Å². The molecule has 4 heteroatoms. The van der Waals surface area contributed by atoms with E-state index in [1.165, 1.54) is 109 Å². The van der Waals surface area contributed by atoms with E-state index < -0.39 is 6.10 Å². The van der Waals surface area contributed by atoms with E-state index in [1.807, 2.05) is 0 Å². The number of unbranched alkanes of at least 4 members (excludes halogenated alkanes) is 17. The van der Waals surface area contributed by atoms with Crippen LogP contribution in [0.2, 0.25) is 0 Å². The number of aliphatic hydroxyl groups is 1. The second-order valence-corrected chi connectivity index (χ2v) is 10.5. The Morgan fingerprint density at radius 1 is 0.649 bits per heavy atom. The van der Waals surface area contributed by atoms with Gasteiger partial charge in [-0.2, -0.15) is 0 Å². The molecule has 0 radical (unpaired) electrons. The molecule has 0 amide bonds. The van der Waals surface area contributed by atoms with E-state index in [9.17, 15) is 9.90 Å². The quantitative estimate of drug-likeness (QED) is 0.0603. The van der Waals surface area contributed by atoms with Gasteiger partial charge in [-0.1, -0.05) is 134 Å². The van der Waals surface area contributed by atoms with Gasteiger partial charge in [-0.05, 0) is 38.5 Å². The monoisotopic (exact) mass is 522 g/mol. The summed E-state index contributed by atoms with van der Waals surface area (Å²) in [5, 5.41) is 9.49. The van der Waals surface area contributed by atoms with Crippen LogP contribution in [0.15, 0.2) is 24.3 Å². The summed E-state index contributed by atoms with van der Waals surface area (Å²) < 4.78 is 11.0. The van der Waals surface area contributed by atoms with Gasteiger partial charge < -0.3 is 14.6 Å². The highest BCUT2D eigenvalue weighted by molar-refractivity contribution is 5.69. The smallest absolute Gasteiger partial charge is 0.306 e. The van der Waals surface area contributed by atoms with E-state index >= 15 is 0 Å². The van der Waals surface area contributed by atoms with E-state index in [0.29, 0.717) is 19.6 Å². The maximum Gasteiger partial charge on any atom is 0.306 e. The molecule has 0 bridgehead atoms. The molecule has 218 valence electrons. The predicted octanol–water partition coefficient (Wildman–Crippen LogP) is 9.64. The third-order valence-corrected chi connectivity index (χ3v) is 6.78.